The van der Waals surface area contributed by atoms with Gasteiger partial charge in [-0.3, -0.25) is 4.79 Å². The van der Waals surface area contributed by atoms with Gasteiger partial charge in [0.1, 0.15) is 0 Å². The van der Waals surface area contributed by atoms with Gasteiger partial charge < -0.3 is 10.7 Å². The highest BCUT2D eigenvalue weighted by Gasteiger charge is 2.10. The van der Waals surface area contributed by atoms with Crippen molar-refractivity contribution in [3.8, 4) is 0 Å². The minimum atomic E-state index is -0.248. The molecule has 0 unspecified atom stereocenters. The summed E-state index contributed by atoms with van der Waals surface area (Å²) in [4.78, 5) is 15.0. The van der Waals surface area contributed by atoms with Crippen molar-refractivity contribution in [3.63, 3.8) is 0 Å². The van der Waals surface area contributed by atoms with E-state index in [0.717, 1.165) is 34.4 Å². The van der Waals surface area contributed by atoms with Gasteiger partial charge in [-0.2, -0.15) is 5.10 Å². The summed E-state index contributed by atoms with van der Waals surface area (Å²) in [6.45, 7) is 2.81. The van der Waals surface area contributed by atoms with Crippen LogP contribution in [0.2, 0.25) is 0 Å². The number of fused-ring (bicyclic) bond motifs is 1. The SMILES string of the molecule is Cc1nn(N)c(=O)c2cccc(CCN(C)C)c12. The van der Waals surface area contributed by atoms with Crippen LogP contribution in [0.5, 0.6) is 0 Å². The van der Waals surface area contributed by atoms with E-state index in [4.69, 9.17) is 5.84 Å². The second-order valence-electron chi connectivity index (χ2n) is 4.73. The fourth-order valence-electron chi connectivity index (χ4n) is 2.14. The van der Waals surface area contributed by atoms with Gasteiger partial charge in [-0.25, -0.2) is 0 Å². The lowest BCUT2D eigenvalue weighted by molar-refractivity contribution is 0.414. The van der Waals surface area contributed by atoms with Crippen molar-refractivity contribution in [1.82, 2.24) is 14.8 Å². The molecule has 1 heterocycles. The summed E-state index contributed by atoms with van der Waals surface area (Å²) in [5.74, 6) is 5.54. The maximum Gasteiger partial charge on any atom is 0.293 e. The van der Waals surface area contributed by atoms with Gasteiger partial charge >= 0.3 is 0 Å². The summed E-state index contributed by atoms with van der Waals surface area (Å²) in [6.07, 6.45) is 0.890. The first-order valence-electron chi connectivity index (χ1n) is 5.92. The lowest BCUT2D eigenvalue weighted by Crippen LogP contribution is -2.30. The molecule has 18 heavy (non-hydrogen) atoms. The lowest BCUT2D eigenvalue weighted by atomic mass is 10.0. The van der Waals surface area contributed by atoms with Crippen LogP contribution in [0.15, 0.2) is 23.0 Å². The van der Waals surface area contributed by atoms with E-state index < -0.39 is 0 Å². The highest BCUT2D eigenvalue weighted by molar-refractivity contribution is 5.86. The molecule has 0 spiro atoms. The fraction of sp³-hybridized carbons (Fsp3) is 0.385. The van der Waals surface area contributed by atoms with Crippen LogP contribution in [0.3, 0.4) is 0 Å². The molecule has 5 heteroatoms. The quantitative estimate of drug-likeness (QED) is 0.802. The van der Waals surface area contributed by atoms with Gasteiger partial charge in [-0.15, -0.1) is 4.79 Å². The Hall–Kier alpha value is -1.88. The van der Waals surface area contributed by atoms with Crippen molar-refractivity contribution >= 4 is 10.8 Å². The summed E-state index contributed by atoms with van der Waals surface area (Å²) in [5.41, 5.74) is 1.69. The van der Waals surface area contributed by atoms with Gasteiger partial charge in [0, 0.05) is 11.9 Å². The summed E-state index contributed by atoms with van der Waals surface area (Å²) in [5, 5.41) is 5.63. The van der Waals surface area contributed by atoms with Crippen molar-refractivity contribution < 1.29 is 0 Å². The van der Waals surface area contributed by atoms with Crippen LogP contribution in [0.4, 0.5) is 0 Å². The summed E-state index contributed by atoms with van der Waals surface area (Å²) < 4.78 is 0. The normalized spacial score (nSPS) is 11.3. The van der Waals surface area contributed by atoms with Crippen molar-refractivity contribution in [2.75, 3.05) is 26.5 Å². The summed E-state index contributed by atoms with van der Waals surface area (Å²) >= 11 is 0. The van der Waals surface area contributed by atoms with E-state index in [2.05, 4.69) is 10.00 Å². The van der Waals surface area contributed by atoms with Crippen LogP contribution in [-0.2, 0) is 6.42 Å². The van der Waals surface area contributed by atoms with Crippen molar-refractivity contribution in [3.05, 3.63) is 39.8 Å². The molecule has 0 aliphatic rings. The topological polar surface area (TPSA) is 64.2 Å². The number of nitrogen functional groups attached to an aromatic ring is 1. The van der Waals surface area contributed by atoms with Crippen LogP contribution >= 0.6 is 0 Å². The molecule has 0 fully saturated rings. The van der Waals surface area contributed by atoms with Crippen LogP contribution in [0, 0.1) is 6.92 Å². The van der Waals surface area contributed by atoms with E-state index in [-0.39, 0.29) is 5.56 Å². The fourth-order valence-corrected chi connectivity index (χ4v) is 2.14. The third kappa shape index (κ3) is 2.22. The van der Waals surface area contributed by atoms with Gasteiger partial charge in [0.2, 0.25) is 0 Å². The van der Waals surface area contributed by atoms with Gasteiger partial charge in [-0.1, -0.05) is 12.1 Å². The number of nitrogens with zero attached hydrogens (tertiary/aromatic N) is 3. The van der Waals surface area contributed by atoms with E-state index >= 15 is 0 Å². The minimum absolute atomic E-state index is 0.248. The van der Waals surface area contributed by atoms with E-state index in [1.165, 1.54) is 0 Å². The second-order valence-corrected chi connectivity index (χ2v) is 4.73. The first kappa shape index (κ1) is 12.6. The first-order valence-corrected chi connectivity index (χ1v) is 5.92. The van der Waals surface area contributed by atoms with E-state index in [1.807, 2.05) is 33.2 Å². The first-order chi connectivity index (χ1) is 8.50. The Morgan fingerprint density at radius 1 is 1.39 bits per heavy atom. The van der Waals surface area contributed by atoms with Gasteiger partial charge in [0.05, 0.1) is 11.1 Å². The molecule has 1 aromatic carbocycles. The molecule has 1 aromatic heterocycles. The molecule has 0 saturated heterocycles. The molecule has 0 bridgehead atoms. The Labute approximate surface area is 106 Å². The van der Waals surface area contributed by atoms with Gasteiger partial charge in [0.15, 0.2) is 0 Å². The predicted octanol–water partition coefficient (Wildman–Crippen LogP) is 0.523. The third-order valence-electron chi connectivity index (χ3n) is 3.04. The average molecular weight is 246 g/mol. The molecule has 0 radical (unpaired) electrons. The van der Waals surface area contributed by atoms with E-state index in [1.54, 1.807) is 6.07 Å². The van der Waals surface area contributed by atoms with Crippen LogP contribution in [-0.4, -0.2) is 35.4 Å². The molecular weight excluding hydrogens is 228 g/mol. The molecule has 0 amide bonds. The molecule has 2 aromatic rings. The molecule has 2 N–H and O–H groups in total. The Bertz CT molecular complexity index is 631. The van der Waals surface area contributed by atoms with Gasteiger partial charge in [-0.05, 0) is 39.1 Å². The number of hydrogen-bond acceptors (Lipinski definition) is 4. The number of rotatable bonds is 3. The molecule has 5 nitrogen and oxygen atoms in total. The van der Waals surface area contributed by atoms with Crippen LogP contribution in [0.1, 0.15) is 11.3 Å². The zero-order valence-electron chi connectivity index (χ0n) is 11.0. The standard InChI is InChI=1S/C13H18N4O/c1-9-12-10(7-8-16(2)3)5-4-6-11(12)13(18)17(14)15-9/h4-6H,7-8,14H2,1-3H3. The summed E-state index contributed by atoms with van der Waals surface area (Å²) in [6, 6.07) is 5.74. The van der Waals surface area contributed by atoms with Crippen molar-refractivity contribution in [2.45, 2.75) is 13.3 Å². The molecular formula is C13H18N4O. The Balaban J connectivity index is 2.62. The summed E-state index contributed by atoms with van der Waals surface area (Å²) in [7, 11) is 4.06. The smallest absolute Gasteiger partial charge is 0.293 e. The van der Waals surface area contributed by atoms with E-state index in [0.29, 0.717) is 5.39 Å². The van der Waals surface area contributed by atoms with Crippen molar-refractivity contribution in [1.29, 1.82) is 0 Å². The van der Waals surface area contributed by atoms with Crippen molar-refractivity contribution in [2.24, 2.45) is 0 Å². The van der Waals surface area contributed by atoms with Gasteiger partial charge in [0.25, 0.3) is 5.56 Å². The zero-order valence-corrected chi connectivity index (χ0v) is 11.0. The predicted molar refractivity (Wildman–Crippen MR) is 73.1 cm³/mol. The average Bonchev–Trinajstić information content (AvgIpc) is 2.33. The lowest BCUT2D eigenvalue weighted by Gasteiger charge is -2.12. The highest BCUT2D eigenvalue weighted by Crippen LogP contribution is 2.18. The molecule has 0 aliphatic heterocycles. The molecule has 0 atom stereocenters. The Kier molecular flexibility index (Phi) is 3.34. The number of hydrogen-bond donors (Lipinski definition) is 1. The van der Waals surface area contributed by atoms with Crippen LogP contribution < -0.4 is 11.4 Å². The number of likely N-dealkylation sites (N-methyl/N-ethyl adjacent to an activating group) is 1. The monoisotopic (exact) mass is 246 g/mol. The number of aryl methyl sites for hydroxylation is 1. The number of benzene rings is 1. The zero-order chi connectivity index (χ0) is 13.3. The largest absolute Gasteiger partial charge is 0.320 e. The number of nitrogens with two attached hydrogens (primary N) is 1. The Morgan fingerprint density at radius 3 is 2.78 bits per heavy atom. The maximum atomic E-state index is 11.9. The third-order valence-corrected chi connectivity index (χ3v) is 3.04. The molecule has 96 valence electrons. The van der Waals surface area contributed by atoms with Crippen LogP contribution in [0.25, 0.3) is 10.8 Å². The molecule has 0 aliphatic carbocycles. The number of aromatic nitrogens is 2. The molecule has 0 saturated carbocycles. The maximum absolute atomic E-state index is 11.9. The molecule has 2 rings (SSSR count). The van der Waals surface area contributed by atoms with E-state index in [9.17, 15) is 4.79 Å². The Morgan fingerprint density at radius 2 is 2.11 bits per heavy atom. The minimum Gasteiger partial charge on any atom is -0.320 e. The highest BCUT2D eigenvalue weighted by atomic mass is 16.1. The second kappa shape index (κ2) is 4.78.